The molecule has 35 heavy (non-hydrogen) atoms. The molecule has 184 valence electrons. The van der Waals surface area contributed by atoms with E-state index in [0.717, 1.165) is 5.56 Å². The predicted octanol–water partition coefficient (Wildman–Crippen LogP) is 1.77. The number of benzene rings is 2. The Kier molecular flexibility index (Phi) is 7.77. The van der Waals surface area contributed by atoms with Gasteiger partial charge in [0.1, 0.15) is 18.1 Å². The van der Waals surface area contributed by atoms with Gasteiger partial charge in [0.2, 0.25) is 18.1 Å². The van der Waals surface area contributed by atoms with Gasteiger partial charge in [0.05, 0.1) is 13.0 Å². The quantitative estimate of drug-likeness (QED) is 0.558. The van der Waals surface area contributed by atoms with E-state index in [9.17, 15) is 19.2 Å². The molecule has 9 nitrogen and oxygen atoms in total. The maximum absolute atomic E-state index is 13.1. The van der Waals surface area contributed by atoms with Crippen LogP contribution in [0, 0.1) is 0 Å². The van der Waals surface area contributed by atoms with Crippen molar-refractivity contribution < 1.29 is 28.7 Å². The highest BCUT2D eigenvalue weighted by atomic mass is 16.7. The number of hydrogen-bond donors (Lipinski definition) is 2. The molecule has 2 saturated heterocycles. The minimum absolute atomic E-state index is 0.00456. The summed E-state index contributed by atoms with van der Waals surface area (Å²) in [5.41, 5.74) is 1.37. The lowest BCUT2D eigenvalue weighted by molar-refractivity contribution is -0.168. The minimum atomic E-state index is -0.902. The van der Waals surface area contributed by atoms with Crippen LogP contribution >= 0.6 is 0 Å². The number of hydrogen-bond acceptors (Lipinski definition) is 6. The van der Waals surface area contributed by atoms with Crippen molar-refractivity contribution in [3.05, 3.63) is 71.8 Å². The van der Waals surface area contributed by atoms with Crippen molar-refractivity contribution in [3.8, 4) is 0 Å². The predicted molar refractivity (Wildman–Crippen MR) is 126 cm³/mol. The number of ether oxygens (including phenoxy) is 2. The molecule has 2 heterocycles. The van der Waals surface area contributed by atoms with Crippen LogP contribution in [0.25, 0.3) is 0 Å². The van der Waals surface area contributed by atoms with E-state index in [1.54, 1.807) is 37.3 Å². The summed E-state index contributed by atoms with van der Waals surface area (Å²) in [6.07, 6.45) is 0.252. The van der Waals surface area contributed by atoms with Crippen LogP contribution in [0.2, 0.25) is 0 Å². The second kappa shape index (κ2) is 11.1. The zero-order valence-electron chi connectivity index (χ0n) is 19.5. The number of rotatable bonds is 8. The van der Waals surface area contributed by atoms with E-state index in [-0.39, 0.29) is 30.7 Å². The molecule has 0 aliphatic carbocycles. The second-order valence-electron chi connectivity index (χ2n) is 8.72. The highest BCUT2D eigenvalue weighted by Crippen LogP contribution is 2.22. The first-order chi connectivity index (χ1) is 16.9. The molecule has 2 aliphatic rings. The van der Waals surface area contributed by atoms with Crippen molar-refractivity contribution in [3.63, 3.8) is 0 Å². The van der Waals surface area contributed by atoms with Gasteiger partial charge in [0, 0.05) is 12.1 Å². The molecule has 2 N–H and O–H groups in total. The first kappa shape index (κ1) is 24.4. The molecule has 2 aliphatic heterocycles. The van der Waals surface area contributed by atoms with Crippen molar-refractivity contribution in [2.75, 3.05) is 6.54 Å². The van der Waals surface area contributed by atoms with Crippen molar-refractivity contribution in [1.82, 2.24) is 15.5 Å². The lowest BCUT2D eigenvalue weighted by atomic mass is 10.1. The first-order valence-electron chi connectivity index (χ1n) is 11.7. The van der Waals surface area contributed by atoms with Gasteiger partial charge in [-0.2, -0.15) is 0 Å². The van der Waals surface area contributed by atoms with Gasteiger partial charge in [-0.25, -0.2) is 0 Å². The van der Waals surface area contributed by atoms with E-state index in [2.05, 4.69) is 10.6 Å². The Hall–Kier alpha value is -3.72. The van der Waals surface area contributed by atoms with Crippen LogP contribution in [0.5, 0.6) is 0 Å². The largest absolute Gasteiger partial charge is 0.433 e. The molecular formula is C26H29N3O6. The van der Waals surface area contributed by atoms with Gasteiger partial charge < -0.3 is 25.0 Å². The number of nitrogens with zero attached hydrogens (tertiary/aromatic N) is 1. The second-order valence-corrected chi connectivity index (χ2v) is 8.72. The number of cyclic esters (lactones) is 1. The van der Waals surface area contributed by atoms with Gasteiger partial charge in [-0.15, -0.1) is 0 Å². The zero-order valence-corrected chi connectivity index (χ0v) is 19.5. The van der Waals surface area contributed by atoms with Crippen molar-refractivity contribution >= 4 is 23.7 Å². The molecule has 2 aromatic rings. The Balaban J connectivity index is 1.34. The van der Waals surface area contributed by atoms with Crippen LogP contribution in [0.15, 0.2) is 60.7 Å². The van der Waals surface area contributed by atoms with E-state index >= 15 is 0 Å². The number of esters is 1. The van der Waals surface area contributed by atoms with Gasteiger partial charge >= 0.3 is 5.97 Å². The summed E-state index contributed by atoms with van der Waals surface area (Å²) in [4.78, 5) is 52.0. The van der Waals surface area contributed by atoms with Gasteiger partial charge in [-0.1, -0.05) is 48.5 Å². The highest BCUT2D eigenvalue weighted by Gasteiger charge is 2.41. The number of amides is 3. The molecule has 4 atom stereocenters. The third kappa shape index (κ3) is 6.05. The smallest absolute Gasteiger partial charge is 0.310 e. The molecule has 9 heteroatoms. The van der Waals surface area contributed by atoms with Gasteiger partial charge in [-0.3, -0.25) is 19.2 Å². The Labute approximate surface area is 203 Å². The monoisotopic (exact) mass is 479 g/mol. The van der Waals surface area contributed by atoms with Crippen molar-refractivity contribution in [2.24, 2.45) is 0 Å². The topological polar surface area (TPSA) is 114 Å². The van der Waals surface area contributed by atoms with Gasteiger partial charge in [0.25, 0.3) is 5.91 Å². The molecule has 4 unspecified atom stereocenters. The summed E-state index contributed by atoms with van der Waals surface area (Å²) in [5, 5.41) is 5.54. The Morgan fingerprint density at radius 3 is 2.49 bits per heavy atom. The number of nitrogens with one attached hydrogen (secondary N) is 2. The Bertz CT molecular complexity index is 1060. The molecule has 0 aromatic heterocycles. The lowest BCUT2D eigenvalue weighted by Crippen LogP contribution is -2.54. The number of likely N-dealkylation sites (tertiary alicyclic amines) is 1. The molecular weight excluding hydrogens is 450 g/mol. The van der Waals surface area contributed by atoms with E-state index in [1.807, 2.05) is 30.3 Å². The maximum Gasteiger partial charge on any atom is 0.310 e. The fraction of sp³-hybridized carbons (Fsp3) is 0.385. The van der Waals surface area contributed by atoms with Crippen LogP contribution in [0.1, 0.15) is 42.1 Å². The third-order valence-electron chi connectivity index (χ3n) is 6.14. The van der Waals surface area contributed by atoms with E-state index in [4.69, 9.17) is 9.47 Å². The minimum Gasteiger partial charge on any atom is -0.433 e. The van der Waals surface area contributed by atoms with Crippen LogP contribution < -0.4 is 10.6 Å². The van der Waals surface area contributed by atoms with Crippen molar-refractivity contribution in [2.45, 2.75) is 57.2 Å². The highest BCUT2D eigenvalue weighted by molar-refractivity contribution is 5.98. The van der Waals surface area contributed by atoms with Crippen LogP contribution in [0.3, 0.4) is 0 Å². The molecule has 4 rings (SSSR count). The summed E-state index contributed by atoms with van der Waals surface area (Å²) in [6.45, 7) is 2.25. The van der Waals surface area contributed by atoms with Crippen LogP contribution in [-0.2, 0) is 30.5 Å². The van der Waals surface area contributed by atoms with E-state index < -0.39 is 30.4 Å². The summed E-state index contributed by atoms with van der Waals surface area (Å²) in [5.74, 6) is -1.51. The molecule has 2 fully saturated rings. The normalized spacial score (nSPS) is 22.4. The molecule has 3 amide bonds. The Morgan fingerprint density at radius 1 is 1.09 bits per heavy atom. The third-order valence-corrected chi connectivity index (χ3v) is 6.14. The van der Waals surface area contributed by atoms with Crippen molar-refractivity contribution in [1.29, 1.82) is 0 Å². The fourth-order valence-corrected chi connectivity index (χ4v) is 4.32. The van der Waals surface area contributed by atoms with E-state index in [1.165, 1.54) is 4.90 Å². The van der Waals surface area contributed by atoms with Crippen LogP contribution in [-0.4, -0.2) is 59.6 Å². The zero-order chi connectivity index (χ0) is 24.8. The average molecular weight is 480 g/mol. The maximum atomic E-state index is 13.1. The Morgan fingerprint density at radius 2 is 1.77 bits per heavy atom. The standard InChI is InChI=1S/C26H29N3O6/c1-17(27-23(31)19-11-6-3-7-12-19)25(33)29-14-8-13-21(29)24(32)28-20-15-22(30)35-26(20)34-16-18-9-4-2-5-10-18/h2-7,9-12,17,20-21,26H,8,13-16H2,1H3,(H,27,31)(H,28,32). The lowest BCUT2D eigenvalue weighted by Gasteiger charge is -2.28. The van der Waals surface area contributed by atoms with E-state index in [0.29, 0.717) is 24.9 Å². The number of carbonyl (C=O) groups is 4. The SMILES string of the molecule is CC(NC(=O)c1ccccc1)C(=O)N1CCCC1C(=O)NC1CC(=O)OC1OCc1ccccc1. The summed E-state index contributed by atoms with van der Waals surface area (Å²) in [6, 6.07) is 15.9. The van der Waals surface area contributed by atoms with Gasteiger partial charge in [-0.05, 0) is 37.5 Å². The summed E-state index contributed by atoms with van der Waals surface area (Å²) >= 11 is 0. The molecule has 0 saturated carbocycles. The average Bonchev–Trinajstić information content (AvgIpc) is 3.50. The fourth-order valence-electron chi connectivity index (χ4n) is 4.32. The molecule has 0 spiro atoms. The molecule has 2 aromatic carbocycles. The number of carbonyl (C=O) groups excluding carboxylic acids is 4. The molecule has 0 bridgehead atoms. The van der Waals surface area contributed by atoms with Crippen LogP contribution in [0.4, 0.5) is 0 Å². The first-order valence-corrected chi connectivity index (χ1v) is 11.7. The van der Waals surface area contributed by atoms with Gasteiger partial charge in [0.15, 0.2) is 0 Å². The summed E-state index contributed by atoms with van der Waals surface area (Å²) in [7, 11) is 0. The summed E-state index contributed by atoms with van der Waals surface area (Å²) < 4.78 is 11.0. The molecule has 0 radical (unpaired) electrons.